The molecule has 0 spiro atoms. The first-order valence-electron chi connectivity index (χ1n) is 5.28. The van der Waals surface area contributed by atoms with Crippen LogP contribution in [0.25, 0.3) is 0 Å². The van der Waals surface area contributed by atoms with E-state index in [2.05, 4.69) is 10.1 Å². The van der Waals surface area contributed by atoms with E-state index in [1.54, 1.807) is 0 Å². The monoisotopic (exact) mass is 211 g/mol. The first-order chi connectivity index (χ1) is 7.07. The number of aromatic nitrogens is 2. The summed E-state index contributed by atoms with van der Waals surface area (Å²) in [6, 6.07) is 0. The summed E-state index contributed by atoms with van der Waals surface area (Å²) >= 11 is 0. The molecule has 2 heterocycles. The van der Waals surface area contributed by atoms with E-state index >= 15 is 0 Å². The highest BCUT2D eigenvalue weighted by Gasteiger charge is 2.26. The van der Waals surface area contributed by atoms with E-state index in [-0.39, 0.29) is 5.92 Å². The molecule has 5 heteroatoms. The summed E-state index contributed by atoms with van der Waals surface area (Å²) < 4.78 is 10.6. The number of nitrogens with zero attached hydrogens (tertiary/aromatic N) is 2. The first kappa shape index (κ1) is 10.6. The van der Waals surface area contributed by atoms with Crippen LogP contribution in [0.3, 0.4) is 0 Å². The van der Waals surface area contributed by atoms with Crippen molar-refractivity contribution in [1.82, 2.24) is 10.1 Å². The molecule has 15 heavy (non-hydrogen) atoms. The fourth-order valence-electron chi connectivity index (χ4n) is 1.60. The molecule has 1 saturated heterocycles. The fourth-order valence-corrected chi connectivity index (χ4v) is 1.60. The van der Waals surface area contributed by atoms with Crippen LogP contribution < -0.4 is 5.73 Å². The molecule has 1 aliphatic heterocycles. The second-order valence-corrected chi connectivity index (χ2v) is 4.59. The fraction of sp³-hybridized carbons (Fsp3) is 0.800. The van der Waals surface area contributed by atoms with Crippen LogP contribution in [-0.2, 0) is 10.3 Å². The summed E-state index contributed by atoms with van der Waals surface area (Å²) in [6.07, 6.45) is 2.10. The SMILES string of the molecule is CC(C)(N)c1noc(C2CCCOC2)n1. The summed E-state index contributed by atoms with van der Waals surface area (Å²) in [4.78, 5) is 4.32. The lowest BCUT2D eigenvalue weighted by Crippen LogP contribution is -2.30. The Labute approximate surface area is 89.0 Å². The van der Waals surface area contributed by atoms with E-state index in [9.17, 15) is 0 Å². The predicted octanol–water partition coefficient (Wildman–Crippen LogP) is 1.16. The molecule has 1 fully saturated rings. The largest absolute Gasteiger partial charge is 0.381 e. The second-order valence-electron chi connectivity index (χ2n) is 4.59. The topological polar surface area (TPSA) is 74.2 Å². The lowest BCUT2D eigenvalue weighted by atomic mass is 10.0. The highest BCUT2D eigenvalue weighted by molar-refractivity contribution is 5.02. The van der Waals surface area contributed by atoms with Crippen LogP contribution in [0.5, 0.6) is 0 Å². The van der Waals surface area contributed by atoms with Gasteiger partial charge in [-0.2, -0.15) is 4.98 Å². The molecule has 0 aliphatic carbocycles. The summed E-state index contributed by atoms with van der Waals surface area (Å²) in [5.74, 6) is 1.45. The molecule has 0 radical (unpaired) electrons. The standard InChI is InChI=1S/C10H17N3O2/c1-10(2,11)9-12-8(15-13-9)7-4-3-5-14-6-7/h7H,3-6,11H2,1-2H3. The maximum atomic E-state index is 5.88. The third kappa shape index (κ3) is 2.35. The molecule has 84 valence electrons. The molecule has 5 nitrogen and oxygen atoms in total. The van der Waals surface area contributed by atoms with Gasteiger partial charge < -0.3 is 15.0 Å². The number of nitrogens with two attached hydrogens (primary N) is 1. The molecule has 0 saturated carbocycles. The van der Waals surface area contributed by atoms with Crippen molar-refractivity contribution >= 4 is 0 Å². The van der Waals surface area contributed by atoms with Gasteiger partial charge in [-0.25, -0.2) is 0 Å². The van der Waals surface area contributed by atoms with Crippen molar-refractivity contribution in [1.29, 1.82) is 0 Å². The Bertz CT molecular complexity index is 324. The number of ether oxygens (including phenoxy) is 1. The van der Waals surface area contributed by atoms with Gasteiger partial charge in [-0.3, -0.25) is 0 Å². The zero-order valence-electron chi connectivity index (χ0n) is 9.19. The van der Waals surface area contributed by atoms with Crippen molar-refractivity contribution < 1.29 is 9.26 Å². The van der Waals surface area contributed by atoms with Crippen molar-refractivity contribution in [3.8, 4) is 0 Å². The zero-order chi connectivity index (χ0) is 10.9. The first-order valence-corrected chi connectivity index (χ1v) is 5.28. The van der Waals surface area contributed by atoms with Crippen LogP contribution >= 0.6 is 0 Å². The van der Waals surface area contributed by atoms with E-state index < -0.39 is 5.54 Å². The summed E-state index contributed by atoms with van der Waals surface area (Å²) in [7, 11) is 0. The molecule has 1 aromatic heterocycles. The van der Waals surface area contributed by atoms with E-state index in [0.717, 1.165) is 19.4 Å². The van der Waals surface area contributed by atoms with Crippen LogP contribution in [0.15, 0.2) is 4.52 Å². The van der Waals surface area contributed by atoms with E-state index in [4.69, 9.17) is 15.0 Å². The Kier molecular flexibility index (Phi) is 2.75. The van der Waals surface area contributed by atoms with Crippen molar-refractivity contribution in [2.75, 3.05) is 13.2 Å². The molecule has 0 bridgehead atoms. The highest BCUT2D eigenvalue weighted by atomic mass is 16.5. The van der Waals surface area contributed by atoms with Gasteiger partial charge in [-0.1, -0.05) is 5.16 Å². The smallest absolute Gasteiger partial charge is 0.232 e. The number of hydrogen-bond acceptors (Lipinski definition) is 5. The minimum absolute atomic E-state index is 0.238. The molecule has 2 N–H and O–H groups in total. The van der Waals surface area contributed by atoms with Crippen molar-refractivity contribution in [2.24, 2.45) is 5.73 Å². The molecule has 1 atom stereocenters. The van der Waals surface area contributed by atoms with Crippen LogP contribution in [0.2, 0.25) is 0 Å². The van der Waals surface area contributed by atoms with Gasteiger partial charge in [0.15, 0.2) is 5.82 Å². The average molecular weight is 211 g/mol. The lowest BCUT2D eigenvalue weighted by molar-refractivity contribution is 0.0705. The average Bonchev–Trinajstić information content (AvgIpc) is 2.67. The maximum absolute atomic E-state index is 5.88. The van der Waals surface area contributed by atoms with Gasteiger partial charge in [-0.15, -0.1) is 0 Å². The Morgan fingerprint density at radius 1 is 1.47 bits per heavy atom. The third-order valence-electron chi connectivity index (χ3n) is 2.53. The van der Waals surface area contributed by atoms with Gasteiger partial charge in [0.05, 0.1) is 18.1 Å². The van der Waals surface area contributed by atoms with Crippen LogP contribution in [-0.4, -0.2) is 23.4 Å². The molecule has 0 amide bonds. The Morgan fingerprint density at radius 3 is 2.80 bits per heavy atom. The molecule has 1 aromatic rings. The quantitative estimate of drug-likeness (QED) is 0.794. The molecule has 0 aromatic carbocycles. The van der Waals surface area contributed by atoms with E-state index in [0.29, 0.717) is 18.3 Å². The Balaban J connectivity index is 2.12. The van der Waals surface area contributed by atoms with Crippen molar-refractivity contribution in [3.05, 3.63) is 11.7 Å². The van der Waals surface area contributed by atoms with E-state index in [1.807, 2.05) is 13.8 Å². The Hall–Kier alpha value is -0.940. The van der Waals surface area contributed by atoms with Gasteiger partial charge in [0, 0.05) is 6.61 Å². The van der Waals surface area contributed by atoms with Gasteiger partial charge in [-0.05, 0) is 26.7 Å². The molecular weight excluding hydrogens is 194 g/mol. The lowest BCUT2D eigenvalue weighted by Gasteiger charge is -2.18. The summed E-state index contributed by atoms with van der Waals surface area (Å²) in [5.41, 5.74) is 5.34. The van der Waals surface area contributed by atoms with Crippen molar-refractivity contribution in [3.63, 3.8) is 0 Å². The zero-order valence-corrected chi connectivity index (χ0v) is 9.19. The van der Waals surface area contributed by atoms with Crippen molar-refractivity contribution in [2.45, 2.75) is 38.1 Å². The third-order valence-corrected chi connectivity index (χ3v) is 2.53. The van der Waals surface area contributed by atoms with Gasteiger partial charge in [0.25, 0.3) is 0 Å². The minimum atomic E-state index is -0.544. The van der Waals surface area contributed by atoms with Crippen LogP contribution in [0.1, 0.15) is 44.3 Å². The van der Waals surface area contributed by atoms with Crippen LogP contribution in [0, 0.1) is 0 Å². The number of rotatable bonds is 2. The van der Waals surface area contributed by atoms with Gasteiger partial charge in [0.1, 0.15) is 0 Å². The maximum Gasteiger partial charge on any atom is 0.232 e. The van der Waals surface area contributed by atoms with E-state index in [1.165, 1.54) is 0 Å². The summed E-state index contributed by atoms with van der Waals surface area (Å²) in [6.45, 7) is 5.23. The minimum Gasteiger partial charge on any atom is -0.381 e. The second kappa shape index (κ2) is 3.90. The van der Waals surface area contributed by atoms with Crippen LogP contribution in [0.4, 0.5) is 0 Å². The predicted molar refractivity (Wildman–Crippen MR) is 54.3 cm³/mol. The van der Waals surface area contributed by atoms with Gasteiger partial charge in [0.2, 0.25) is 5.89 Å². The van der Waals surface area contributed by atoms with Gasteiger partial charge >= 0.3 is 0 Å². The molecule has 2 rings (SSSR count). The normalized spacial score (nSPS) is 23.0. The number of hydrogen-bond donors (Lipinski definition) is 1. The molecular formula is C10H17N3O2. The summed E-state index contributed by atoms with van der Waals surface area (Å²) in [5, 5.41) is 3.90. The molecule has 1 unspecified atom stereocenters. The highest BCUT2D eigenvalue weighted by Crippen LogP contribution is 2.25. The molecule has 1 aliphatic rings. The Morgan fingerprint density at radius 2 is 2.27 bits per heavy atom.